The number of nitrogens with zero attached hydrogens (tertiary/aromatic N) is 1. The normalized spacial score (nSPS) is 21.2. The van der Waals surface area contributed by atoms with E-state index < -0.39 is 33.9 Å². The number of nitro groups is 1. The molecular formula is C21H22N2O7S2. The van der Waals surface area contributed by atoms with Crippen LogP contribution in [-0.4, -0.2) is 33.7 Å². The SMILES string of the molecule is CCCCCCCOC(=O)[C@@H]1Sc2[nH]c(=O)sc2[C@@H]2c3cc([N+](=O)[O-])ccc3OC(=O)[C@@H]21. The van der Waals surface area contributed by atoms with Gasteiger partial charge >= 0.3 is 16.8 Å². The topological polar surface area (TPSA) is 129 Å². The third-order valence-corrected chi connectivity index (χ3v) is 7.99. The molecule has 2 aliphatic heterocycles. The van der Waals surface area contributed by atoms with Gasteiger partial charge in [0.15, 0.2) is 0 Å². The van der Waals surface area contributed by atoms with Crippen LogP contribution in [0.1, 0.15) is 55.4 Å². The molecular weight excluding hydrogens is 456 g/mol. The third-order valence-electron chi connectivity index (χ3n) is 5.60. The number of rotatable bonds is 8. The van der Waals surface area contributed by atoms with Crippen molar-refractivity contribution in [3.63, 3.8) is 0 Å². The number of aromatic amines is 1. The van der Waals surface area contributed by atoms with Crippen molar-refractivity contribution in [2.75, 3.05) is 6.61 Å². The van der Waals surface area contributed by atoms with Crippen LogP contribution in [0.3, 0.4) is 0 Å². The number of hydrogen-bond donors (Lipinski definition) is 1. The van der Waals surface area contributed by atoms with E-state index in [0.29, 0.717) is 15.5 Å². The van der Waals surface area contributed by atoms with Gasteiger partial charge < -0.3 is 14.5 Å². The molecule has 0 amide bonds. The molecule has 32 heavy (non-hydrogen) atoms. The number of thioether (sulfide) groups is 1. The van der Waals surface area contributed by atoms with Crippen molar-refractivity contribution in [2.45, 2.75) is 55.2 Å². The van der Waals surface area contributed by atoms with Crippen molar-refractivity contribution in [1.29, 1.82) is 0 Å². The quantitative estimate of drug-likeness (QED) is 0.198. The van der Waals surface area contributed by atoms with Crippen molar-refractivity contribution in [3.8, 4) is 5.75 Å². The van der Waals surface area contributed by atoms with Gasteiger partial charge in [-0.3, -0.25) is 24.5 Å². The van der Waals surface area contributed by atoms with E-state index in [1.54, 1.807) is 0 Å². The Hall–Kier alpha value is -2.66. The second-order valence-corrected chi connectivity index (χ2v) is 9.90. The van der Waals surface area contributed by atoms with Crippen LogP contribution in [0.2, 0.25) is 0 Å². The molecule has 0 saturated heterocycles. The highest BCUT2D eigenvalue weighted by atomic mass is 32.2. The van der Waals surface area contributed by atoms with E-state index in [1.165, 1.54) is 18.2 Å². The van der Waals surface area contributed by atoms with Crippen LogP contribution in [0.25, 0.3) is 0 Å². The van der Waals surface area contributed by atoms with Crippen LogP contribution in [0.4, 0.5) is 5.69 Å². The first-order valence-corrected chi connectivity index (χ1v) is 12.2. The van der Waals surface area contributed by atoms with Gasteiger partial charge in [-0.25, -0.2) is 0 Å². The zero-order valence-electron chi connectivity index (χ0n) is 17.3. The molecule has 1 N–H and O–H groups in total. The summed E-state index contributed by atoms with van der Waals surface area (Å²) in [5.41, 5.74) is 0.257. The number of ether oxygens (including phenoxy) is 2. The van der Waals surface area contributed by atoms with Crippen LogP contribution in [0.15, 0.2) is 28.0 Å². The lowest BCUT2D eigenvalue weighted by atomic mass is 9.80. The van der Waals surface area contributed by atoms with Crippen LogP contribution >= 0.6 is 23.1 Å². The molecule has 4 rings (SSSR count). The van der Waals surface area contributed by atoms with E-state index in [9.17, 15) is 24.5 Å². The van der Waals surface area contributed by atoms with E-state index in [4.69, 9.17) is 9.47 Å². The van der Waals surface area contributed by atoms with Crippen molar-refractivity contribution in [2.24, 2.45) is 5.92 Å². The molecule has 0 unspecified atom stereocenters. The molecule has 3 atom stereocenters. The molecule has 0 fully saturated rings. The van der Waals surface area contributed by atoms with Gasteiger partial charge in [0.25, 0.3) is 5.69 Å². The summed E-state index contributed by atoms with van der Waals surface area (Å²) >= 11 is 2.01. The fourth-order valence-electron chi connectivity index (χ4n) is 4.07. The number of hydrogen-bond acceptors (Lipinski definition) is 9. The summed E-state index contributed by atoms with van der Waals surface area (Å²) in [6.07, 6.45) is 4.99. The highest BCUT2D eigenvalue weighted by molar-refractivity contribution is 8.00. The van der Waals surface area contributed by atoms with Gasteiger partial charge in [-0.15, -0.1) is 0 Å². The maximum absolute atomic E-state index is 12.9. The zero-order chi connectivity index (χ0) is 22.8. The summed E-state index contributed by atoms with van der Waals surface area (Å²) in [5.74, 6) is -2.61. The minimum Gasteiger partial charge on any atom is -0.465 e. The molecule has 9 nitrogen and oxygen atoms in total. The Kier molecular flexibility index (Phi) is 6.66. The van der Waals surface area contributed by atoms with Crippen molar-refractivity contribution in [3.05, 3.63) is 48.4 Å². The highest BCUT2D eigenvalue weighted by Gasteiger charge is 2.52. The van der Waals surface area contributed by atoms with E-state index in [1.807, 2.05) is 0 Å². The predicted octanol–water partition coefficient (Wildman–Crippen LogP) is 4.00. The number of unbranched alkanes of at least 4 members (excludes halogenated alkanes) is 4. The van der Waals surface area contributed by atoms with Crippen molar-refractivity contribution >= 4 is 40.7 Å². The second kappa shape index (κ2) is 9.45. The van der Waals surface area contributed by atoms with Gasteiger partial charge in [0.1, 0.15) is 11.0 Å². The lowest BCUT2D eigenvalue weighted by Gasteiger charge is -2.37. The number of fused-ring (bicyclic) bond motifs is 5. The number of benzene rings is 1. The Balaban J connectivity index is 1.64. The van der Waals surface area contributed by atoms with E-state index >= 15 is 0 Å². The fourth-order valence-corrected chi connectivity index (χ4v) is 6.53. The molecule has 170 valence electrons. The molecule has 2 aliphatic rings. The Bertz CT molecular complexity index is 1110. The lowest BCUT2D eigenvalue weighted by molar-refractivity contribution is -0.385. The maximum atomic E-state index is 12.9. The van der Waals surface area contributed by atoms with Crippen LogP contribution in [-0.2, 0) is 14.3 Å². The minimum atomic E-state index is -0.943. The number of H-pyrrole nitrogens is 1. The molecule has 0 radical (unpaired) electrons. The van der Waals surface area contributed by atoms with Gasteiger partial charge in [0.2, 0.25) is 0 Å². The summed E-state index contributed by atoms with van der Waals surface area (Å²) in [7, 11) is 0. The Morgan fingerprint density at radius 3 is 2.78 bits per heavy atom. The number of nitrogens with one attached hydrogen (secondary N) is 1. The Labute approximate surface area is 191 Å². The number of thiazole rings is 1. The number of carbonyl (C=O) groups is 2. The summed E-state index contributed by atoms with van der Waals surface area (Å²) in [5, 5.41) is 10.9. The molecule has 1 aromatic heterocycles. The van der Waals surface area contributed by atoms with Gasteiger partial charge in [-0.2, -0.15) is 0 Å². The molecule has 0 saturated carbocycles. The smallest absolute Gasteiger partial charge is 0.320 e. The summed E-state index contributed by atoms with van der Waals surface area (Å²) in [4.78, 5) is 51.7. The Morgan fingerprint density at radius 1 is 1.25 bits per heavy atom. The zero-order valence-corrected chi connectivity index (χ0v) is 19.0. The maximum Gasteiger partial charge on any atom is 0.320 e. The fraction of sp³-hybridized carbons (Fsp3) is 0.476. The molecule has 0 spiro atoms. The summed E-state index contributed by atoms with van der Waals surface area (Å²) < 4.78 is 10.9. The summed E-state index contributed by atoms with van der Waals surface area (Å²) in [6.45, 7) is 2.37. The molecule has 11 heteroatoms. The van der Waals surface area contributed by atoms with E-state index in [-0.39, 0.29) is 22.9 Å². The standard InChI is InChI=1S/C21H22N2O7S2/c1-2-3-4-5-6-9-29-20(25)17-15-14(16-18(31-17)22-21(26)32-16)12-10-11(23(27)28)7-8-13(12)30-19(15)24/h7-8,10,14-15,17H,2-6,9H2,1H3,(H,22,26)/t14-,15+,17-/m1/s1. The predicted molar refractivity (Wildman–Crippen MR) is 118 cm³/mol. The minimum absolute atomic E-state index is 0.158. The first-order chi connectivity index (χ1) is 15.4. The number of esters is 2. The molecule has 2 aromatic rings. The third kappa shape index (κ3) is 4.31. The first-order valence-electron chi connectivity index (χ1n) is 10.5. The van der Waals surface area contributed by atoms with Crippen molar-refractivity contribution < 1.29 is 24.0 Å². The van der Waals surface area contributed by atoms with Crippen LogP contribution < -0.4 is 9.61 Å². The first kappa shape index (κ1) is 22.5. The average Bonchev–Trinajstić information content (AvgIpc) is 3.14. The number of non-ortho nitro benzene ring substituents is 1. The largest absolute Gasteiger partial charge is 0.465 e. The van der Waals surface area contributed by atoms with Crippen LogP contribution in [0, 0.1) is 16.0 Å². The van der Waals surface area contributed by atoms with Crippen molar-refractivity contribution in [1.82, 2.24) is 4.98 Å². The van der Waals surface area contributed by atoms with Gasteiger partial charge in [0, 0.05) is 28.5 Å². The van der Waals surface area contributed by atoms with Crippen LogP contribution in [0.5, 0.6) is 5.75 Å². The Morgan fingerprint density at radius 2 is 2.03 bits per heavy atom. The molecule has 0 aliphatic carbocycles. The van der Waals surface area contributed by atoms with Gasteiger partial charge in [-0.1, -0.05) is 55.7 Å². The monoisotopic (exact) mass is 478 g/mol. The molecule has 0 bridgehead atoms. The van der Waals surface area contributed by atoms with E-state index in [2.05, 4.69) is 11.9 Å². The molecule has 3 heterocycles. The number of aromatic nitrogens is 1. The van der Waals surface area contributed by atoms with E-state index in [0.717, 1.165) is 55.2 Å². The highest BCUT2D eigenvalue weighted by Crippen LogP contribution is 2.54. The average molecular weight is 479 g/mol. The summed E-state index contributed by atoms with van der Waals surface area (Å²) in [6, 6.07) is 3.98. The number of carbonyl (C=O) groups excluding carboxylic acids is 2. The molecule has 1 aromatic carbocycles. The van der Waals surface area contributed by atoms with Gasteiger partial charge in [-0.05, 0) is 12.5 Å². The number of nitro benzene ring substituents is 1. The lowest BCUT2D eigenvalue weighted by Crippen LogP contribution is -2.44. The van der Waals surface area contributed by atoms with Gasteiger partial charge in [0.05, 0.1) is 22.5 Å². The second-order valence-electron chi connectivity index (χ2n) is 7.73.